The van der Waals surface area contributed by atoms with Crippen molar-refractivity contribution in [2.45, 2.75) is 30.9 Å². The maximum atomic E-state index is 12.7. The minimum Gasteiger partial charge on any atom is -0.431 e. The van der Waals surface area contributed by atoms with E-state index < -0.39 is 0 Å². The molecule has 4 rings (SSSR count). The number of oxazole rings is 1. The molecule has 7 nitrogen and oxygen atoms in total. The fourth-order valence-electron chi connectivity index (χ4n) is 3.28. The van der Waals surface area contributed by atoms with Crippen molar-refractivity contribution < 1.29 is 9.21 Å². The van der Waals surface area contributed by atoms with Crippen molar-refractivity contribution >= 4 is 34.6 Å². The second-order valence-electron chi connectivity index (χ2n) is 6.32. The highest BCUT2D eigenvalue weighted by atomic mass is 32.2. The van der Waals surface area contributed by atoms with Crippen LogP contribution in [0.25, 0.3) is 11.1 Å². The maximum absolute atomic E-state index is 12.7. The van der Waals surface area contributed by atoms with E-state index in [2.05, 4.69) is 27.4 Å². The number of anilines is 1. The van der Waals surface area contributed by atoms with Crippen molar-refractivity contribution in [3.8, 4) is 0 Å². The molecule has 1 aliphatic rings. The molecule has 2 amide bonds. The van der Waals surface area contributed by atoms with Crippen LogP contribution in [0, 0.1) is 0 Å². The van der Waals surface area contributed by atoms with Gasteiger partial charge in [-0.15, -0.1) is 0 Å². The monoisotopic (exact) mass is 371 g/mol. The molecule has 1 saturated heterocycles. The molecule has 0 spiro atoms. The molecule has 0 radical (unpaired) electrons. The number of urea groups is 1. The molecule has 1 fully saturated rings. The Hall–Kier alpha value is -2.48. The van der Waals surface area contributed by atoms with E-state index in [0.29, 0.717) is 23.3 Å². The Bertz CT molecular complexity index is 892. The minimum absolute atomic E-state index is 0.0868. The number of aromatic amines is 1. The van der Waals surface area contributed by atoms with Crippen LogP contribution in [0.1, 0.15) is 31.4 Å². The zero-order valence-corrected chi connectivity index (χ0v) is 15.4. The average Bonchev–Trinajstić information content (AvgIpc) is 3.31. The summed E-state index contributed by atoms with van der Waals surface area (Å²) in [5, 5.41) is 10.7. The van der Waals surface area contributed by atoms with E-state index in [-0.39, 0.29) is 6.03 Å². The lowest BCUT2D eigenvalue weighted by molar-refractivity contribution is 0.192. The molecule has 0 saturated carbocycles. The lowest BCUT2D eigenvalue weighted by Crippen LogP contribution is -2.41. The van der Waals surface area contributed by atoms with Crippen LogP contribution in [0.5, 0.6) is 0 Å². The zero-order chi connectivity index (χ0) is 17.9. The molecule has 3 heterocycles. The summed E-state index contributed by atoms with van der Waals surface area (Å²) in [4.78, 5) is 18.9. The van der Waals surface area contributed by atoms with Crippen LogP contribution in [-0.4, -0.2) is 45.0 Å². The van der Waals surface area contributed by atoms with Gasteiger partial charge in [-0.25, -0.2) is 9.78 Å². The normalized spacial score (nSPS) is 17.6. The van der Waals surface area contributed by atoms with Gasteiger partial charge in [-0.3, -0.25) is 5.10 Å². The third kappa shape index (κ3) is 3.55. The minimum atomic E-state index is -0.0868. The number of hydrogen-bond donors (Lipinski definition) is 2. The number of thioether (sulfide) groups is 1. The molecule has 8 heteroatoms. The van der Waals surface area contributed by atoms with E-state index in [1.54, 1.807) is 18.0 Å². The standard InChI is InChI=1S/C18H21N5O2S/c1-2-26-18-21-15-6-5-13(10-16(15)25-18)20-17(24)23-9-3-4-12(11-23)14-7-8-19-22-14/h5-8,10,12H,2-4,9,11H2,1H3,(H,19,22)(H,20,24)/t12-/m0/s1. The van der Waals surface area contributed by atoms with Crippen LogP contribution in [0.2, 0.25) is 0 Å². The van der Waals surface area contributed by atoms with Crippen LogP contribution in [0.3, 0.4) is 0 Å². The van der Waals surface area contributed by atoms with Gasteiger partial charge in [-0.2, -0.15) is 5.10 Å². The van der Waals surface area contributed by atoms with Crippen molar-refractivity contribution in [1.29, 1.82) is 0 Å². The lowest BCUT2D eigenvalue weighted by Gasteiger charge is -2.32. The van der Waals surface area contributed by atoms with Gasteiger partial charge in [0.05, 0.1) is 0 Å². The first kappa shape index (κ1) is 17.0. The van der Waals surface area contributed by atoms with Crippen molar-refractivity contribution in [2.75, 3.05) is 24.2 Å². The molecule has 2 N–H and O–H groups in total. The molecule has 1 aliphatic heterocycles. The van der Waals surface area contributed by atoms with Gasteiger partial charge < -0.3 is 14.6 Å². The summed E-state index contributed by atoms with van der Waals surface area (Å²) in [6.07, 6.45) is 3.80. The highest BCUT2D eigenvalue weighted by Gasteiger charge is 2.25. The number of aromatic nitrogens is 3. The van der Waals surface area contributed by atoms with Gasteiger partial charge in [0.15, 0.2) is 5.58 Å². The summed E-state index contributed by atoms with van der Waals surface area (Å²) in [5.74, 6) is 1.21. The molecule has 0 bridgehead atoms. The third-order valence-electron chi connectivity index (χ3n) is 4.56. The summed E-state index contributed by atoms with van der Waals surface area (Å²) in [6.45, 7) is 3.51. The Morgan fingerprint density at radius 3 is 3.19 bits per heavy atom. The number of fused-ring (bicyclic) bond motifs is 1. The maximum Gasteiger partial charge on any atom is 0.321 e. The van der Waals surface area contributed by atoms with Crippen LogP contribution in [-0.2, 0) is 0 Å². The largest absolute Gasteiger partial charge is 0.431 e. The average molecular weight is 371 g/mol. The Labute approximate surface area is 155 Å². The molecular formula is C18H21N5O2S. The number of amides is 2. The number of nitrogens with zero attached hydrogens (tertiary/aromatic N) is 3. The number of carbonyl (C=O) groups excluding carboxylic acids is 1. The van der Waals surface area contributed by atoms with Crippen LogP contribution in [0.4, 0.5) is 10.5 Å². The predicted octanol–water partition coefficient (Wildman–Crippen LogP) is 4.07. The summed E-state index contributed by atoms with van der Waals surface area (Å²) < 4.78 is 5.72. The van der Waals surface area contributed by atoms with Crippen molar-refractivity contribution in [3.63, 3.8) is 0 Å². The van der Waals surface area contributed by atoms with Gasteiger partial charge in [-0.05, 0) is 36.8 Å². The summed E-state index contributed by atoms with van der Waals surface area (Å²) in [7, 11) is 0. The molecule has 1 atom stereocenters. The first-order valence-corrected chi connectivity index (χ1v) is 9.80. The smallest absolute Gasteiger partial charge is 0.321 e. The first-order chi connectivity index (χ1) is 12.7. The van der Waals surface area contributed by atoms with E-state index >= 15 is 0 Å². The second kappa shape index (κ2) is 7.41. The van der Waals surface area contributed by atoms with Crippen LogP contribution < -0.4 is 5.32 Å². The Balaban J connectivity index is 1.44. The van der Waals surface area contributed by atoms with E-state index in [1.807, 2.05) is 29.2 Å². The quantitative estimate of drug-likeness (QED) is 0.675. The van der Waals surface area contributed by atoms with Gasteiger partial charge in [0.1, 0.15) is 5.52 Å². The van der Waals surface area contributed by atoms with Gasteiger partial charge >= 0.3 is 6.03 Å². The first-order valence-electron chi connectivity index (χ1n) is 8.81. The fourth-order valence-corrected chi connectivity index (χ4v) is 3.84. The SMILES string of the molecule is CCSc1nc2ccc(NC(=O)N3CCC[C@H](c4ccn[nH]4)C3)cc2o1. The third-order valence-corrected chi connectivity index (χ3v) is 5.27. The Morgan fingerprint density at radius 1 is 1.46 bits per heavy atom. The number of likely N-dealkylation sites (tertiary alicyclic amines) is 1. The summed E-state index contributed by atoms with van der Waals surface area (Å²) in [5.41, 5.74) is 3.30. The van der Waals surface area contributed by atoms with Crippen molar-refractivity contribution in [2.24, 2.45) is 0 Å². The van der Waals surface area contributed by atoms with Crippen molar-refractivity contribution in [1.82, 2.24) is 20.1 Å². The highest BCUT2D eigenvalue weighted by Crippen LogP contribution is 2.27. The molecule has 0 unspecified atom stereocenters. The highest BCUT2D eigenvalue weighted by molar-refractivity contribution is 7.99. The number of rotatable bonds is 4. The molecule has 1 aromatic carbocycles. The molecular weight excluding hydrogens is 350 g/mol. The number of benzene rings is 1. The number of nitrogens with one attached hydrogen (secondary N) is 2. The Morgan fingerprint density at radius 2 is 2.38 bits per heavy atom. The zero-order valence-electron chi connectivity index (χ0n) is 14.6. The number of hydrogen-bond acceptors (Lipinski definition) is 5. The fraction of sp³-hybridized carbons (Fsp3) is 0.389. The molecule has 3 aromatic rings. The van der Waals surface area contributed by atoms with Crippen LogP contribution >= 0.6 is 11.8 Å². The Kier molecular flexibility index (Phi) is 4.83. The van der Waals surface area contributed by atoms with Gasteiger partial charge in [0.25, 0.3) is 5.22 Å². The number of H-pyrrole nitrogens is 1. The van der Waals surface area contributed by atoms with Gasteiger partial charge in [-0.1, -0.05) is 18.7 Å². The van der Waals surface area contributed by atoms with Crippen LogP contribution in [0.15, 0.2) is 40.1 Å². The number of piperidine rings is 1. The summed E-state index contributed by atoms with van der Waals surface area (Å²) in [6, 6.07) is 7.46. The van der Waals surface area contributed by atoms with E-state index in [0.717, 1.165) is 42.0 Å². The topological polar surface area (TPSA) is 87.0 Å². The van der Waals surface area contributed by atoms with E-state index in [1.165, 1.54) is 0 Å². The lowest BCUT2D eigenvalue weighted by atomic mass is 9.95. The molecule has 2 aromatic heterocycles. The molecule has 136 valence electrons. The van der Waals surface area contributed by atoms with Gasteiger partial charge in [0, 0.05) is 42.7 Å². The van der Waals surface area contributed by atoms with E-state index in [4.69, 9.17) is 4.42 Å². The number of carbonyl (C=O) groups is 1. The van der Waals surface area contributed by atoms with E-state index in [9.17, 15) is 4.79 Å². The molecule has 26 heavy (non-hydrogen) atoms. The summed E-state index contributed by atoms with van der Waals surface area (Å²) >= 11 is 1.56. The predicted molar refractivity (Wildman–Crippen MR) is 102 cm³/mol. The molecule has 0 aliphatic carbocycles. The van der Waals surface area contributed by atoms with Crippen molar-refractivity contribution in [3.05, 3.63) is 36.2 Å². The second-order valence-corrected chi connectivity index (χ2v) is 7.54. The van der Waals surface area contributed by atoms with Gasteiger partial charge in [0.2, 0.25) is 0 Å².